The van der Waals surface area contributed by atoms with E-state index in [0.717, 1.165) is 26.1 Å². The van der Waals surface area contributed by atoms with E-state index in [4.69, 9.17) is 18.6 Å². The van der Waals surface area contributed by atoms with Crippen molar-refractivity contribution >= 4 is 11.7 Å². The lowest BCUT2D eigenvalue weighted by Gasteiger charge is -2.30. The Morgan fingerprint density at radius 2 is 1.97 bits per heavy atom. The van der Waals surface area contributed by atoms with Crippen LogP contribution in [0.1, 0.15) is 41.9 Å². The molecule has 0 saturated carbocycles. The smallest absolute Gasteiger partial charge is 0.290 e. The number of carbonyl (C=O) groups is 2. The lowest BCUT2D eigenvalue weighted by atomic mass is 9.94. The van der Waals surface area contributed by atoms with Gasteiger partial charge >= 0.3 is 0 Å². The molecule has 1 saturated heterocycles. The molecule has 35 heavy (non-hydrogen) atoms. The molecule has 2 aromatic rings. The third kappa shape index (κ3) is 5.36. The van der Waals surface area contributed by atoms with Gasteiger partial charge in [0.05, 0.1) is 44.8 Å². The SMILES string of the molecule is CCCOc1ccc([C@H]2C(C(=O)c3ccco3)=C(O)C(=O)N2CCCN2CCOCC2)cc1OC. The van der Waals surface area contributed by atoms with Gasteiger partial charge < -0.3 is 28.6 Å². The van der Waals surface area contributed by atoms with Gasteiger partial charge in [0, 0.05) is 26.2 Å². The quantitative estimate of drug-likeness (QED) is 0.485. The van der Waals surface area contributed by atoms with Crippen molar-refractivity contribution in [2.24, 2.45) is 0 Å². The average molecular weight is 485 g/mol. The van der Waals surface area contributed by atoms with E-state index in [1.165, 1.54) is 12.3 Å². The van der Waals surface area contributed by atoms with Crippen molar-refractivity contribution in [3.8, 4) is 11.5 Å². The molecule has 9 heteroatoms. The highest BCUT2D eigenvalue weighted by Gasteiger charge is 2.44. The van der Waals surface area contributed by atoms with Gasteiger partial charge in [-0.05, 0) is 42.7 Å². The number of hydrogen-bond donors (Lipinski definition) is 1. The van der Waals surface area contributed by atoms with Gasteiger partial charge in [-0.2, -0.15) is 0 Å². The van der Waals surface area contributed by atoms with E-state index < -0.39 is 23.5 Å². The van der Waals surface area contributed by atoms with E-state index in [9.17, 15) is 14.7 Å². The molecule has 188 valence electrons. The second kappa shape index (κ2) is 11.4. The van der Waals surface area contributed by atoms with Crippen LogP contribution in [-0.2, 0) is 9.53 Å². The number of benzene rings is 1. The standard InChI is InChI=1S/C26H32N2O7/c1-3-13-34-19-8-7-18(17-21(19)32-2)23-22(24(29)20-6-4-14-35-20)25(30)26(31)28(23)10-5-9-27-11-15-33-16-12-27/h4,6-8,14,17,23,30H,3,5,9-13,15-16H2,1-2H3/t23-/m0/s1. The number of aliphatic hydroxyl groups is 1. The maximum absolute atomic E-state index is 13.3. The van der Waals surface area contributed by atoms with E-state index in [0.29, 0.717) is 49.8 Å². The molecule has 1 amide bonds. The first kappa shape index (κ1) is 24.8. The summed E-state index contributed by atoms with van der Waals surface area (Å²) in [6.45, 7) is 6.79. The number of nitrogens with zero attached hydrogens (tertiary/aromatic N) is 2. The fourth-order valence-electron chi connectivity index (χ4n) is 4.48. The Labute approximate surface area is 204 Å². The Balaban J connectivity index is 1.64. The number of morpholine rings is 1. The number of Topliss-reactive ketones (excluding diaryl/α,β-unsaturated/α-hetero) is 1. The molecule has 1 N–H and O–H groups in total. The predicted molar refractivity (Wildman–Crippen MR) is 128 cm³/mol. The highest BCUT2D eigenvalue weighted by molar-refractivity contribution is 6.15. The van der Waals surface area contributed by atoms with Gasteiger partial charge in [-0.3, -0.25) is 14.5 Å². The number of furan rings is 1. The van der Waals surface area contributed by atoms with E-state index in [1.54, 1.807) is 36.3 Å². The number of carbonyl (C=O) groups excluding carboxylic acids is 2. The average Bonchev–Trinajstić information content (AvgIpc) is 3.51. The number of hydrogen-bond acceptors (Lipinski definition) is 8. The largest absolute Gasteiger partial charge is 0.503 e. The van der Waals surface area contributed by atoms with Crippen LogP contribution in [0.5, 0.6) is 11.5 Å². The topological polar surface area (TPSA) is 102 Å². The van der Waals surface area contributed by atoms with Crippen LogP contribution in [0, 0.1) is 0 Å². The molecule has 1 aromatic carbocycles. The summed E-state index contributed by atoms with van der Waals surface area (Å²) in [5.74, 6) is -0.507. The summed E-state index contributed by atoms with van der Waals surface area (Å²) in [6.07, 6.45) is 2.92. The first-order valence-corrected chi connectivity index (χ1v) is 12.0. The summed E-state index contributed by atoms with van der Waals surface area (Å²) < 4.78 is 22.0. The van der Waals surface area contributed by atoms with Gasteiger partial charge in [0.15, 0.2) is 23.0 Å². The molecular formula is C26H32N2O7. The Kier molecular flexibility index (Phi) is 8.09. The van der Waals surface area contributed by atoms with Crippen LogP contribution in [0.3, 0.4) is 0 Å². The maximum Gasteiger partial charge on any atom is 0.290 e. The van der Waals surface area contributed by atoms with Gasteiger partial charge in [0.2, 0.25) is 5.78 Å². The van der Waals surface area contributed by atoms with Gasteiger partial charge in [-0.25, -0.2) is 0 Å². The molecule has 1 atom stereocenters. The van der Waals surface area contributed by atoms with E-state index >= 15 is 0 Å². The van der Waals surface area contributed by atoms with E-state index in [-0.39, 0.29) is 11.3 Å². The monoisotopic (exact) mass is 484 g/mol. The molecule has 1 fully saturated rings. The molecule has 3 heterocycles. The Morgan fingerprint density at radius 3 is 2.66 bits per heavy atom. The third-order valence-corrected chi connectivity index (χ3v) is 6.24. The minimum atomic E-state index is -0.779. The zero-order valence-electron chi connectivity index (χ0n) is 20.2. The van der Waals surface area contributed by atoms with Crippen molar-refractivity contribution in [3.63, 3.8) is 0 Å². The lowest BCUT2D eigenvalue weighted by Crippen LogP contribution is -2.39. The van der Waals surface area contributed by atoms with Crippen LogP contribution in [-0.4, -0.2) is 79.7 Å². The van der Waals surface area contributed by atoms with Crippen LogP contribution >= 0.6 is 0 Å². The molecule has 0 bridgehead atoms. The lowest BCUT2D eigenvalue weighted by molar-refractivity contribution is -0.129. The van der Waals surface area contributed by atoms with E-state index in [1.807, 2.05) is 6.92 Å². The second-order valence-electron chi connectivity index (χ2n) is 8.54. The minimum absolute atomic E-state index is 0.000558. The normalized spacial score (nSPS) is 18.9. The zero-order chi connectivity index (χ0) is 24.8. The third-order valence-electron chi connectivity index (χ3n) is 6.24. The summed E-state index contributed by atoms with van der Waals surface area (Å²) in [7, 11) is 1.54. The summed E-state index contributed by atoms with van der Waals surface area (Å²) >= 11 is 0. The Hall–Kier alpha value is -3.30. The maximum atomic E-state index is 13.3. The van der Waals surface area contributed by atoms with E-state index in [2.05, 4.69) is 4.90 Å². The number of ketones is 1. The Bertz CT molecular complexity index is 1060. The highest BCUT2D eigenvalue weighted by Crippen LogP contribution is 2.41. The molecular weight excluding hydrogens is 452 g/mol. The van der Waals surface area contributed by atoms with Crippen molar-refractivity contribution < 1.29 is 33.3 Å². The molecule has 4 rings (SSSR count). The van der Waals surface area contributed by atoms with Gasteiger partial charge in [-0.1, -0.05) is 13.0 Å². The Morgan fingerprint density at radius 1 is 1.17 bits per heavy atom. The molecule has 0 unspecified atom stereocenters. The number of rotatable bonds is 11. The van der Waals surface area contributed by atoms with Crippen molar-refractivity contribution in [1.82, 2.24) is 9.80 Å². The summed E-state index contributed by atoms with van der Waals surface area (Å²) in [5.41, 5.74) is 0.643. The van der Waals surface area contributed by atoms with Crippen molar-refractivity contribution in [2.75, 3.05) is 53.1 Å². The van der Waals surface area contributed by atoms with Gasteiger partial charge in [0.1, 0.15) is 0 Å². The van der Waals surface area contributed by atoms with Crippen LogP contribution in [0.25, 0.3) is 0 Å². The molecule has 2 aliphatic rings. The summed E-state index contributed by atoms with van der Waals surface area (Å²) in [5, 5.41) is 10.8. The molecule has 0 radical (unpaired) electrons. The zero-order valence-corrected chi connectivity index (χ0v) is 20.2. The molecule has 2 aliphatic heterocycles. The molecule has 0 spiro atoms. The predicted octanol–water partition coefficient (Wildman–Crippen LogP) is 3.38. The number of amides is 1. The number of methoxy groups -OCH3 is 1. The van der Waals surface area contributed by atoms with Crippen molar-refractivity contribution in [1.29, 1.82) is 0 Å². The fraction of sp³-hybridized carbons (Fsp3) is 0.462. The van der Waals surface area contributed by atoms with Crippen LogP contribution in [0.15, 0.2) is 52.3 Å². The van der Waals surface area contributed by atoms with Crippen LogP contribution in [0.2, 0.25) is 0 Å². The number of ether oxygens (including phenoxy) is 3. The van der Waals surface area contributed by atoms with Crippen molar-refractivity contribution in [3.05, 3.63) is 59.3 Å². The molecule has 0 aliphatic carbocycles. The summed E-state index contributed by atoms with van der Waals surface area (Å²) in [6, 6.07) is 7.66. The van der Waals surface area contributed by atoms with Crippen molar-refractivity contribution in [2.45, 2.75) is 25.8 Å². The van der Waals surface area contributed by atoms with Crippen LogP contribution in [0.4, 0.5) is 0 Å². The number of aliphatic hydroxyl groups excluding tert-OH is 1. The molecule has 1 aromatic heterocycles. The second-order valence-corrected chi connectivity index (χ2v) is 8.54. The van der Waals surface area contributed by atoms with Gasteiger partial charge in [0.25, 0.3) is 5.91 Å². The minimum Gasteiger partial charge on any atom is -0.503 e. The highest BCUT2D eigenvalue weighted by atomic mass is 16.5. The first-order valence-electron chi connectivity index (χ1n) is 12.0. The summed E-state index contributed by atoms with van der Waals surface area (Å²) in [4.78, 5) is 30.3. The molecule has 9 nitrogen and oxygen atoms in total. The van der Waals surface area contributed by atoms with Crippen LogP contribution < -0.4 is 9.47 Å². The van der Waals surface area contributed by atoms with Gasteiger partial charge in [-0.15, -0.1) is 0 Å². The fourth-order valence-corrected chi connectivity index (χ4v) is 4.48. The first-order chi connectivity index (χ1) is 17.0.